The van der Waals surface area contributed by atoms with Gasteiger partial charge < -0.3 is 4.74 Å². The minimum absolute atomic E-state index is 0. The number of ether oxygens (including phenoxy) is 1. The number of esters is 1. The Morgan fingerprint density at radius 3 is 2.37 bits per heavy atom. The first kappa shape index (κ1) is 25.2. The smallest absolute Gasteiger partial charge is 0.305 e. The van der Waals surface area contributed by atoms with E-state index < -0.39 is 0 Å². The van der Waals surface area contributed by atoms with Gasteiger partial charge in [0.25, 0.3) is 0 Å². The molecule has 0 heterocycles. The van der Waals surface area contributed by atoms with Crippen LogP contribution in [0.15, 0.2) is 54.6 Å². The number of allylic oxidation sites excluding steroid dienone is 4. The zero-order chi connectivity index (χ0) is 18.9. The highest BCUT2D eigenvalue weighted by molar-refractivity contribution is 5.69. The molecule has 0 saturated heterocycles. The molecule has 1 aliphatic rings. The molecular weight excluding hydrogens is 332 g/mol. The third kappa shape index (κ3) is 14.0. The zero-order valence-electron chi connectivity index (χ0n) is 16.7. The predicted octanol–water partition coefficient (Wildman–Crippen LogP) is 7.30. The van der Waals surface area contributed by atoms with Crippen LogP contribution in [0.3, 0.4) is 0 Å². The summed E-state index contributed by atoms with van der Waals surface area (Å²) in [7, 11) is 1.41. The predicted molar refractivity (Wildman–Crippen MR) is 118 cm³/mol. The first-order valence-corrected chi connectivity index (χ1v) is 10.1. The Bertz CT molecular complexity index is 510. The largest absolute Gasteiger partial charge is 0.469 e. The van der Waals surface area contributed by atoms with Crippen molar-refractivity contribution < 1.29 is 9.53 Å². The van der Waals surface area contributed by atoms with Gasteiger partial charge in [-0.1, -0.05) is 74.9 Å². The normalized spacial score (nSPS) is 14.0. The Morgan fingerprint density at radius 2 is 1.74 bits per heavy atom. The Balaban J connectivity index is 0.000000539. The molecule has 1 aromatic rings. The molecule has 1 aliphatic carbocycles. The number of rotatable bonds is 9. The number of hydrogen-bond acceptors (Lipinski definition) is 2. The van der Waals surface area contributed by atoms with Crippen LogP contribution in [0.4, 0.5) is 0 Å². The van der Waals surface area contributed by atoms with Crippen LogP contribution < -0.4 is 0 Å². The summed E-state index contributed by atoms with van der Waals surface area (Å²) in [5.74, 6) is 0.779. The van der Waals surface area contributed by atoms with Crippen molar-refractivity contribution in [2.45, 2.75) is 78.6 Å². The third-order valence-corrected chi connectivity index (χ3v) is 4.70. The zero-order valence-corrected chi connectivity index (χ0v) is 16.7. The molecule has 152 valence electrons. The van der Waals surface area contributed by atoms with Crippen LogP contribution in [0, 0.1) is 5.92 Å². The second-order valence-electron chi connectivity index (χ2n) is 6.89. The van der Waals surface area contributed by atoms with E-state index in [4.69, 9.17) is 0 Å². The van der Waals surface area contributed by atoms with Crippen molar-refractivity contribution in [2.75, 3.05) is 7.11 Å². The van der Waals surface area contributed by atoms with E-state index in [0.29, 0.717) is 6.42 Å². The monoisotopic (exact) mass is 372 g/mol. The van der Waals surface area contributed by atoms with Gasteiger partial charge in [-0.15, -0.1) is 0 Å². The Labute approximate surface area is 167 Å². The maximum absolute atomic E-state index is 10.5. The van der Waals surface area contributed by atoms with Crippen molar-refractivity contribution >= 4 is 5.97 Å². The average molecular weight is 373 g/mol. The van der Waals surface area contributed by atoms with Crippen LogP contribution in [0.5, 0.6) is 0 Å². The number of hydrogen-bond donors (Lipinski definition) is 0. The minimum atomic E-state index is -0.121. The summed E-state index contributed by atoms with van der Waals surface area (Å²) in [5, 5.41) is 0. The van der Waals surface area contributed by atoms with Crippen molar-refractivity contribution in [3.8, 4) is 0 Å². The molecule has 0 amide bonds. The Kier molecular flexibility index (Phi) is 16.4. The third-order valence-electron chi connectivity index (χ3n) is 4.70. The van der Waals surface area contributed by atoms with Gasteiger partial charge in [-0.3, -0.25) is 4.79 Å². The molecule has 0 aliphatic heterocycles. The van der Waals surface area contributed by atoms with Crippen molar-refractivity contribution in [3.63, 3.8) is 0 Å². The van der Waals surface area contributed by atoms with E-state index in [-0.39, 0.29) is 13.4 Å². The van der Waals surface area contributed by atoms with E-state index in [9.17, 15) is 4.79 Å². The summed E-state index contributed by atoms with van der Waals surface area (Å²) in [4.78, 5) is 10.5. The van der Waals surface area contributed by atoms with Gasteiger partial charge in [0.2, 0.25) is 0 Å². The fraction of sp³-hybridized carbons (Fsp3) is 0.560. The van der Waals surface area contributed by atoms with Crippen molar-refractivity contribution in [3.05, 3.63) is 60.2 Å². The summed E-state index contributed by atoms with van der Waals surface area (Å²) >= 11 is 0. The lowest BCUT2D eigenvalue weighted by molar-refractivity contribution is -0.140. The molecule has 1 aromatic carbocycles. The highest BCUT2D eigenvalue weighted by atomic mass is 16.5. The molecular formula is C25H40O2. The summed E-state index contributed by atoms with van der Waals surface area (Å²) < 4.78 is 4.47. The topological polar surface area (TPSA) is 26.3 Å². The molecule has 0 atom stereocenters. The van der Waals surface area contributed by atoms with Gasteiger partial charge in [-0.25, -0.2) is 0 Å². The SMILES string of the molecule is C.C(=C\C1CCCC1)/CCCc1ccccc1.C/C=C\CCCC(=O)OC. The first-order chi connectivity index (χ1) is 12.8. The Hall–Kier alpha value is -1.83. The number of aryl methyl sites for hydroxylation is 1. The quantitative estimate of drug-likeness (QED) is 0.258. The molecule has 0 bridgehead atoms. The van der Waals surface area contributed by atoms with Gasteiger partial charge >= 0.3 is 5.97 Å². The molecule has 0 unspecified atom stereocenters. The number of benzene rings is 1. The second-order valence-corrected chi connectivity index (χ2v) is 6.89. The molecule has 0 N–H and O–H groups in total. The van der Waals surface area contributed by atoms with E-state index in [2.05, 4.69) is 47.2 Å². The lowest BCUT2D eigenvalue weighted by atomic mass is 10.1. The van der Waals surface area contributed by atoms with Crippen LogP contribution in [-0.4, -0.2) is 13.1 Å². The van der Waals surface area contributed by atoms with E-state index in [1.54, 1.807) is 0 Å². The van der Waals surface area contributed by atoms with Gasteiger partial charge in [0.1, 0.15) is 0 Å². The number of unbranched alkanes of at least 4 members (excludes halogenated alkanes) is 2. The molecule has 2 nitrogen and oxygen atoms in total. The van der Waals surface area contributed by atoms with E-state index in [1.807, 2.05) is 19.1 Å². The highest BCUT2D eigenvalue weighted by Gasteiger charge is 2.10. The summed E-state index contributed by atoms with van der Waals surface area (Å²) in [5.41, 5.74) is 1.47. The van der Waals surface area contributed by atoms with Crippen LogP contribution in [0.25, 0.3) is 0 Å². The van der Waals surface area contributed by atoms with Crippen LogP contribution >= 0.6 is 0 Å². The number of methoxy groups -OCH3 is 1. The van der Waals surface area contributed by atoms with E-state index >= 15 is 0 Å². The van der Waals surface area contributed by atoms with Gasteiger partial charge in [0.05, 0.1) is 7.11 Å². The molecule has 2 heteroatoms. The summed E-state index contributed by atoms with van der Waals surface area (Å²) in [6.45, 7) is 1.97. The lowest BCUT2D eigenvalue weighted by Crippen LogP contribution is -1.98. The Morgan fingerprint density at radius 1 is 1.07 bits per heavy atom. The first-order valence-electron chi connectivity index (χ1n) is 10.1. The highest BCUT2D eigenvalue weighted by Crippen LogP contribution is 2.25. The standard InChI is InChI=1S/C16H22.C8H14O2.CH4/c1-3-9-15(10-4-1)11-5-2-6-12-16-13-7-8-14-16;1-3-4-5-6-7-8(9)10-2;/h1,3-4,6,9-10,12,16H,2,5,7-8,11,13-14H2;3-4H,5-7H2,1-2H3;1H4/b12-6+;4-3-;. The average Bonchev–Trinajstić information content (AvgIpc) is 3.20. The molecule has 1 fully saturated rings. The van der Waals surface area contributed by atoms with Crippen molar-refractivity contribution in [1.82, 2.24) is 0 Å². The van der Waals surface area contributed by atoms with Gasteiger partial charge in [0, 0.05) is 6.42 Å². The summed E-state index contributed by atoms with van der Waals surface area (Å²) in [6.07, 6.45) is 20.7. The van der Waals surface area contributed by atoms with Crippen LogP contribution in [0.1, 0.15) is 77.7 Å². The number of carbonyl (C=O) groups is 1. The number of carbonyl (C=O) groups excluding carboxylic acids is 1. The molecule has 1 saturated carbocycles. The molecule has 0 radical (unpaired) electrons. The fourth-order valence-electron chi connectivity index (χ4n) is 3.14. The van der Waals surface area contributed by atoms with E-state index in [0.717, 1.165) is 18.8 Å². The molecule has 0 spiro atoms. The summed E-state index contributed by atoms with van der Waals surface area (Å²) in [6, 6.07) is 10.8. The van der Waals surface area contributed by atoms with Gasteiger partial charge in [0.15, 0.2) is 0 Å². The second kappa shape index (κ2) is 17.6. The molecule has 0 aromatic heterocycles. The van der Waals surface area contributed by atoms with E-state index in [1.165, 1.54) is 57.6 Å². The molecule has 27 heavy (non-hydrogen) atoms. The lowest BCUT2D eigenvalue weighted by Gasteiger charge is -2.01. The van der Waals surface area contributed by atoms with Crippen molar-refractivity contribution in [2.24, 2.45) is 5.92 Å². The fourth-order valence-corrected chi connectivity index (χ4v) is 3.14. The molecule has 2 rings (SSSR count). The maximum atomic E-state index is 10.5. The van der Waals surface area contributed by atoms with Crippen LogP contribution in [0.2, 0.25) is 0 Å². The minimum Gasteiger partial charge on any atom is -0.469 e. The maximum Gasteiger partial charge on any atom is 0.305 e. The van der Waals surface area contributed by atoms with Crippen LogP contribution in [-0.2, 0) is 16.0 Å². The van der Waals surface area contributed by atoms with Gasteiger partial charge in [-0.2, -0.15) is 0 Å². The van der Waals surface area contributed by atoms with Gasteiger partial charge in [-0.05, 0) is 63.4 Å². The van der Waals surface area contributed by atoms with Crippen molar-refractivity contribution in [1.29, 1.82) is 0 Å².